The van der Waals surface area contributed by atoms with Gasteiger partial charge in [0.25, 0.3) is 0 Å². The van der Waals surface area contributed by atoms with E-state index in [-0.39, 0.29) is 24.4 Å². The van der Waals surface area contributed by atoms with Crippen LogP contribution in [0.4, 0.5) is 4.79 Å². The summed E-state index contributed by atoms with van der Waals surface area (Å²) in [5.74, 6) is -1.49. The topological polar surface area (TPSA) is 105 Å². The van der Waals surface area contributed by atoms with E-state index in [0.717, 1.165) is 22.3 Å². The first-order valence-corrected chi connectivity index (χ1v) is 11.8. The van der Waals surface area contributed by atoms with Crippen molar-refractivity contribution in [2.45, 2.75) is 58.5 Å². The van der Waals surface area contributed by atoms with Gasteiger partial charge in [0.05, 0.1) is 0 Å². The average Bonchev–Trinajstić information content (AvgIpc) is 3.10. The van der Waals surface area contributed by atoms with Gasteiger partial charge in [-0.3, -0.25) is 4.79 Å². The van der Waals surface area contributed by atoms with Crippen LogP contribution in [0, 0.1) is 11.8 Å². The van der Waals surface area contributed by atoms with Crippen LogP contribution in [0.5, 0.6) is 0 Å². The van der Waals surface area contributed by atoms with Crippen molar-refractivity contribution in [3.63, 3.8) is 0 Å². The molecule has 2 aromatic rings. The van der Waals surface area contributed by atoms with Crippen LogP contribution in [0.25, 0.3) is 11.1 Å². The molecule has 1 aliphatic carbocycles. The van der Waals surface area contributed by atoms with Gasteiger partial charge in [-0.15, -0.1) is 0 Å². The van der Waals surface area contributed by atoms with Gasteiger partial charge < -0.3 is 20.5 Å². The third-order valence-electron chi connectivity index (χ3n) is 5.98. The molecular formula is C27H34N2O5. The minimum absolute atomic E-state index is 0.0852. The molecule has 0 heterocycles. The van der Waals surface area contributed by atoms with Gasteiger partial charge in [0.2, 0.25) is 5.91 Å². The summed E-state index contributed by atoms with van der Waals surface area (Å²) in [5, 5.41) is 14.7. The van der Waals surface area contributed by atoms with Crippen molar-refractivity contribution in [1.82, 2.24) is 10.6 Å². The van der Waals surface area contributed by atoms with Crippen molar-refractivity contribution in [3.05, 3.63) is 59.7 Å². The number of nitrogens with one attached hydrogen (secondary N) is 2. The fourth-order valence-electron chi connectivity index (χ4n) is 4.45. The van der Waals surface area contributed by atoms with E-state index in [2.05, 4.69) is 22.8 Å². The molecule has 1 aliphatic rings. The zero-order chi connectivity index (χ0) is 24.8. The molecule has 0 aromatic heterocycles. The maximum Gasteiger partial charge on any atom is 0.407 e. The number of carbonyl (C=O) groups excluding carboxylic acids is 2. The van der Waals surface area contributed by atoms with Crippen LogP contribution in [0.15, 0.2) is 48.5 Å². The van der Waals surface area contributed by atoms with E-state index < -0.39 is 30.1 Å². The zero-order valence-corrected chi connectivity index (χ0v) is 20.2. The molecule has 3 N–H and O–H groups in total. The lowest BCUT2D eigenvalue weighted by Crippen LogP contribution is -2.52. The molecule has 0 fully saturated rings. The zero-order valence-electron chi connectivity index (χ0n) is 20.2. The molecule has 0 radical (unpaired) electrons. The maximum absolute atomic E-state index is 12.9. The van der Waals surface area contributed by atoms with Crippen molar-refractivity contribution >= 4 is 18.0 Å². The van der Waals surface area contributed by atoms with E-state index in [9.17, 15) is 19.5 Å². The van der Waals surface area contributed by atoms with Crippen LogP contribution in [0.3, 0.4) is 0 Å². The van der Waals surface area contributed by atoms with E-state index in [1.807, 2.05) is 64.1 Å². The average molecular weight is 467 g/mol. The fourth-order valence-corrected chi connectivity index (χ4v) is 4.45. The molecule has 3 rings (SSSR count). The Labute approximate surface area is 200 Å². The van der Waals surface area contributed by atoms with Gasteiger partial charge in [-0.1, -0.05) is 76.2 Å². The summed E-state index contributed by atoms with van der Waals surface area (Å²) in [7, 11) is 0. The lowest BCUT2D eigenvalue weighted by atomic mass is 9.98. The largest absolute Gasteiger partial charge is 0.480 e. The van der Waals surface area contributed by atoms with Gasteiger partial charge in [-0.05, 0) is 46.9 Å². The van der Waals surface area contributed by atoms with Crippen LogP contribution in [0.2, 0.25) is 0 Å². The summed E-state index contributed by atoms with van der Waals surface area (Å²) in [6.07, 6.45) is -0.0248. The molecule has 2 unspecified atom stereocenters. The number of benzene rings is 2. The molecule has 0 aliphatic heterocycles. The SMILES string of the molecule is CC(C)CC(NC(=O)C(CC(C)C)NC(=O)OCC1c2ccccc2-c2ccccc21)C(=O)O. The quantitative estimate of drug-likeness (QED) is 0.476. The second kappa shape index (κ2) is 11.2. The number of alkyl carbamates (subject to hydrolysis) is 1. The summed E-state index contributed by atoms with van der Waals surface area (Å²) in [5.41, 5.74) is 4.47. The van der Waals surface area contributed by atoms with Crippen LogP contribution in [-0.4, -0.2) is 41.8 Å². The summed E-state index contributed by atoms with van der Waals surface area (Å²) in [6.45, 7) is 7.79. The molecule has 0 bridgehead atoms. The first kappa shape index (κ1) is 25.3. The Hall–Kier alpha value is -3.35. The molecule has 34 heavy (non-hydrogen) atoms. The van der Waals surface area contributed by atoms with Crippen molar-refractivity contribution in [3.8, 4) is 11.1 Å². The molecule has 0 saturated carbocycles. The minimum atomic E-state index is -1.09. The highest BCUT2D eigenvalue weighted by atomic mass is 16.5. The highest BCUT2D eigenvalue weighted by Crippen LogP contribution is 2.44. The molecule has 7 nitrogen and oxygen atoms in total. The van der Waals surface area contributed by atoms with Crippen molar-refractivity contribution in [2.75, 3.05) is 6.61 Å². The Morgan fingerprint density at radius 1 is 0.824 bits per heavy atom. The molecule has 2 atom stereocenters. The standard InChI is InChI=1S/C27H34N2O5/c1-16(2)13-23(25(30)28-24(26(31)32)14-17(3)4)29-27(33)34-15-22-20-11-7-5-9-18(20)19-10-6-8-12-21(19)22/h5-12,16-17,22-24H,13-15H2,1-4H3,(H,28,30)(H,29,33)(H,31,32). The maximum atomic E-state index is 12.9. The summed E-state index contributed by atoms with van der Waals surface area (Å²) < 4.78 is 5.57. The number of amides is 2. The third-order valence-corrected chi connectivity index (χ3v) is 5.98. The van der Waals surface area contributed by atoms with E-state index in [0.29, 0.717) is 12.8 Å². The van der Waals surface area contributed by atoms with E-state index in [1.54, 1.807) is 0 Å². The van der Waals surface area contributed by atoms with Gasteiger partial charge in [0, 0.05) is 5.92 Å². The second-order valence-electron chi connectivity index (χ2n) is 9.68. The number of ether oxygens (including phenoxy) is 1. The number of carboxylic acid groups (broad SMARTS) is 1. The lowest BCUT2D eigenvalue weighted by Gasteiger charge is -2.23. The molecule has 7 heteroatoms. The van der Waals surface area contributed by atoms with Gasteiger partial charge in [0.1, 0.15) is 18.7 Å². The second-order valence-corrected chi connectivity index (χ2v) is 9.68. The number of carbonyl (C=O) groups is 3. The smallest absolute Gasteiger partial charge is 0.407 e. The summed E-state index contributed by atoms with van der Waals surface area (Å²) in [4.78, 5) is 37.1. The molecule has 2 aromatic carbocycles. The molecule has 182 valence electrons. The first-order valence-electron chi connectivity index (χ1n) is 11.8. The normalized spacial score (nSPS) is 14.3. The lowest BCUT2D eigenvalue weighted by molar-refractivity contribution is -0.142. The van der Waals surface area contributed by atoms with Crippen molar-refractivity contribution in [1.29, 1.82) is 0 Å². The van der Waals surface area contributed by atoms with E-state index in [1.165, 1.54) is 0 Å². The molecule has 0 spiro atoms. The van der Waals surface area contributed by atoms with Crippen LogP contribution < -0.4 is 10.6 Å². The van der Waals surface area contributed by atoms with E-state index in [4.69, 9.17) is 4.74 Å². The number of rotatable bonds is 10. The summed E-state index contributed by atoms with van der Waals surface area (Å²) in [6, 6.07) is 14.2. The number of hydrogen-bond donors (Lipinski definition) is 3. The highest BCUT2D eigenvalue weighted by Gasteiger charge is 2.31. The summed E-state index contributed by atoms with van der Waals surface area (Å²) >= 11 is 0. The Morgan fingerprint density at radius 3 is 1.82 bits per heavy atom. The number of fused-ring (bicyclic) bond motifs is 3. The minimum Gasteiger partial charge on any atom is -0.480 e. The van der Waals surface area contributed by atoms with Crippen LogP contribution in [-0.2, 0) is 14.3 Å². The Morgan fingerprint density at radius 2 is 1.32 bits per heavy atom. The van der Waals surface area contributed by atoms with Crippen molar-refractivity contribution < 1.29 is 24.2 Å². The third kappa shape index (κ3) is 6.16. The van der Waals surface area contributed by atoms with Crippen molar-refractivity contribution in [2.24, 2.45) is 11.8 Å². The Bertz CT molecular complexity index is 988. The predicted molar refractivity (Wildman–Crippen MR) is 130 cm³/mol. The number of carboxylic acids is 1. The van der Waals surface area contributed by atoms with Crippen LogP contribution in [0.1, 0.15) is 57.6 Å². The van der Waals surface area contributed by atoms with Crippen LogP contribution >= 0.6 is 0 Å². The van der Waals surface area contributed by atoms with Gasteiger partial charge in [-0.25, -0.2) is 9.59 Å². The van der Waals surface area contributed by atoms with Gasteiger partial charge >= 0.3 is 12.1 Å². The highest BCUT2D eigenvalue weighted by molar-refractivity contribution is 5.89. The number of aliphatic carboxylic acids is 1. The fraction of sp³-hybridized carbons (Fsp3) is 0.444. The number of hydrogen-bond acceptors (Lipinski definition) is 4. The molecular weight excluding hydrogens is 432 g/mol. The Balaban J connectivity index is 1.66. The van der Waals surface area contributed by atoms with Gasteiger partial charge in [-0.2, -0.15) is 0 Å². The Kier molecular flexibility index (Phi) is 8.31. The first-order chi connectivity index (χ1) is 16.2. The monoisotopic (exact) mass is 466 g/mol. The molecule has 0 saturated heterocycles. The molecule has 2 amide bonds. The van der Waals surface area contributed by atoms with Gasteiger partial charge in [0.15, 0.2) is 0 Å². The predicted octanol–water partition coefficient (Wildman–Crippen LogP) is 4.56. The van der Waals surface area contributed by atoms with E-state index >= 15 is 0 Å².